The van der Waals surface area contributed by atoms with Crippen molar-refractivity contribution in [3.8, 4) is 0 Å². The van der Waals surface area contributed by atoms with E-state index >= 15 is 0 Å². The number of allylic oxidation sites excluding steroid dienone is 4. The minimum absolute atomic E-state index is 0.0786. The highest BCUT2D eigenvalue weighted by Gasteiger charge is 2.51. The van der Waals surface area contributed by atoms with Gasteiger partial charge in [0.05, 0.1) is 13.2 Å². The van der Waals surface area contributed by atoms with Gasteiger partial charge in [0.25, 0.3) is 0 Å². The highest BCUT2D eigenvalue weighted by Crippen LogP contribution is 2.47. The summed E-state index contributed by atoms with van der Waals surface area (Å²) in [5, 5.41) is 50.1. The molecule has 13 heteroatoms. The lowest BCUT2D eigenvalue weighted by Crippen LogP contribution is -2.64. The van der Waals surface area contributed by atoms with Gasteiger partial charge in [0.2, 0.25) is 0 Å². The summed E-state index contributed by atoms with van der Waals surface area (Å²) in [6.07, 6.45) is 26.7. The monoisotopic (exact) mass is 835 g/mol. The first-order chi connectivity index (χ1) is 27.5. The van der Waals surface area contributed by atoms with Crippen molar-refractivity contribution in [1.29, 1.82) is 0 Å². The van der Waals surface area contributed by atoms with E-state index in [0.29, 0.717) is 13.0 Å². The number of phosphoric ester groups is 1. The standard InChI is InChI=1S/C44H83O12P/c1-3-5-7-9-11-13-15-17-19-21-23-25-27-29-31-33-38(45)55-37(36-54-57(51,52)56-44-42(49)40(47)39(46)41(48)43(44)50)35-53-34-32-30-28-26-24-22-20-18-16-14-12-10-8-6-4-2/h11,13,17,19,37,39-44,46-50H,3-10,12,14-16,18,20-36H2,1-2H3,(H,51,52)/b13-11-,19-17-. The quantitative estimate of drug-likeness (QED) is 0.0150. The molecule has 6 unspecified atom stereocenters. The molecule has 0 heterocycles. The number of rotatable bonds is 38. The van der Waals surface area contributed by atoms with Crippen LogP contribution in [0.25, 0.3) is 0 Å². The van der Waals surface area contributed by atoms with Gasteiger partial charge in [-0.3, -0.25) is 13.8 Å². The van der Waals surface area contributed by atoms with Gasteiger partial charge < -0.3 is 39.9 Å². The predicted molar refractivity (Wildman–Crippen MR) is 226 cm³/mol. The number of aliphatic hydroxyl groups excluding tert-OH is 5. The zero-order chi connectivity index (χ0) is 42.0. The second kappa shape index (κ2) is 35.6. The summed E-state index contributed by atoms with van der Waals surface area (Å²) >= 11 is 0. The normalized spacial score (nSPS) is 23.0. The SMILES string of the molecule is CCCCC/C=C\C/C=C\CCCCCCCC(=O)OC(COCCCCCCCCCCCCCCCCC)COP(=O)(O)OC1C(O)C(O)C(O)C(O)C1O. The maximum atomic E-state index is 12.8. The minimum Gasteiger partial charge on any atom is -0.457 e. The molecule has 1 fully saturated rings. The van der Waals surface area contributed by atoms with Crippen LogP contribution in [-0.2, 0) is 27.9 Å². The molecule has 0 aliphatic heterocycles. The average molecular weight is 835 g/mol. The van der Waals surface area contributed by atoms with E-state index in [2.05, 4.69) is 38.2 Å². The van der Waals surface area contributed by atoms with Crippen LogP contribution in [0.15, 0.2) is 24.3 Å². The molecular formula is C44H83O12P. The Morgan fingerprint density at radius 3 is 1.51 bits per heavy atom. The summed E-state index contributed by atoms with van der Waals surface area (Å²) in [4.78, 5) is 23.1. The van der Waals surface area contributed by atoms with E-state index in [0.717, 1.165) is 64.2 Å². The molecule has 0 saturated heterocycles. The maximum Gasteiger partial charge on any atom is 0.472 e. The molecule has 1 saturated carbocycles. The molecule has 0 aromatic carbocycles. The summed E-state index contributed by atoms with van der Waals surface area (Å²) in [5.41, 5.74) is 0. The van der Waals surface area contributed by atoms with E-state index in [1.54, 1.807) is 0 Å². The Morgan fingerprint density at radius 1 is 0.561 bits per heavy atom. The van der Waals surface area contributed by atoms with Crippen LogP contribution in [0.2, 0.25) is 0 Å². The molecule has 0 radical (unpaired) electrons. The van der Waals surface area contributed by atoms with Crippen LogP contribution in [0.4, 0.5) is 0 Å². The van der Waals surface area contributed by atoms with Crippen LogP contribution >= 0.6 is 7.82 Å². The number of carbonyl (C=O) groups excluding carboxylic acids is 1. The summed E-state index contributed by atoms with van der Waals surface area (Å²) < 4.78 is 34.1. The van der Waals surface area contributed by atoms with Crippen molar-refractivity contribution in [3.63, 3.8) is 0 Å². The lowest BCUT2D eigenvalue weighted by Gasteiger charge is -2.41. The van der Waals surface area contributed by atoms with Gasteiger partial charge in [0.15, 0.2) is 0 Å². The Morgan fingerprint density at radius 2 is 0.982 bits per heavy atom. The summed E-state index contributed by atoms with van der Waals surface area (Å²) in [7, 11) is -5.02. The van der Waals surface area contributed by atoms with Crippen molar-refractivity contribution in [1.82, 2.24) is 0 Å². The number of carbonyl (C=O) groups is 1. The second-order valence-corrected chi connectivity index (χ2v) is 17.3. The third-order valence-electron chi connectivity index (χ3n) is 10.6. The first-order valence-electron chi connectivity index (χ1n) is 22.7. The Labute approximate surface area is 345 Å². The van der Waals surface area contributed by atoms with Crippen LogP contribution in [0.1, 0.15) is 187 Å². The van der Waals surface area contributed by atoms with E-state index < -0.39 is 63.1 Å². The highest BCUT2D eigenvalue weighted by atomic mass is 31.2. The molecule has 6 N–H and O–H groups in total. The zero-order valence-electron chi connectivity index (χ0n) is 35.6. The lowest BCUT2D eigenvalue weighted by atomic mass is 9.85. The Kier molecular flexibility index (Phi) is 33.6. The van der Waals surface area contributed by atoms with E-state index in [1.165, 1.54) is 96.3 Å². The van der Waals surface area contributed by atoms with Crippen LogP contribution in [0.5, 0.6) is 0 Å². The van der Waals surface area contributed by atoms with E-state index in [1.807, 2.05) is 0 Å². The second-order valence-electron chi connectivity index (χ2n) is 15.9. The molecule has 12 nitrogen and oxygen atoms in total. The predicted octanol–water partition coefficient (Wildman–Crippen LogP) is 8.92. The number of phosphoric acid groups is 1. The van der Waals surface area contributed by atoms with Crippen LogP contribution in [0, 0.1) is 0 Å². The van der Waals surface area contributed by atoms with Gasteiger partial charge in [-0.1, -0.05) is 160 Å². The smallest absolute Gasteiger partial charge is 0.457 e. The summed E-state index contributed by atoms with van der Waals surface area (Å²) in [6.45, 7) is 4.23. The van der Waals surface area contributed by atoms with Gasteiger partial charge in [-0.25, -0.2) is 4.57 Å². The Balaban J connectivity index is 2.41. The number of ether oxygens (including phenoxy) is 2. The molecule has 0 aromatic heterocycles. The van der Waals surface area contributed by atoms with Crippen molar-refractivity contribution in [2.24, 2.45) is 0 Å². The largest absolute Gasteiger partial charge is 0.472 e. The molecule has 1 aliphatic carbocycles. The first kappa shape index (κ1) is 53.8. The first-order valence-corrected chi connectivity index (χ1v) is 24.2. The lowest BCUT2D eigenvalue weighted by molar-refractivity contribution is -0.220. The van der Waals surface area contributed by atoms with Crippen molar-refractivity contribution in [2.75, 3.05) is 19.8 Å². The van der Waals surface area contributed by atoms with Crippen molar-refractivity contribution < 1.29 is 58.3 Å². The fourth-order valence-electron chi connectivity index (χ4n) is 6.91. The molecule has 336 valence electrons. The van der Waals surface area contributed by atoms with Gasteiger partial charge in [-0.2, -0.15) is 0 Å². The topological polar surface area (TPSA) is 192 Å². The van der Waals surface area contributed by atoms with Crippen molar-refractivity contribution in [3.05, 3.63) is 24.3 Å². The minimum atomic E-state index is -5.02. The third kappa shape index (κ3) is 28.1. The molecule has 0 spiro atoms. The van der Waals surface area contributed by atoms with Gasteiger partial charge in [-0.05, 0) is 44.9 Å². The molecule has 1 aliphatic rings. The Bertz CT molecular complexity index is 1040. The van der Waals surface area contributed by atoms with Crippen molar-refractivity contribution in [2.45, 2.75) is 230 Å². The fourth-order valence-corrected chi connectivity index (χ4v) is 7.89. The zero-order valence-corrected chi connectivity index (χ0v) is 36.5. The molecule has 6 atom stereocenters. The molecule has 0 bridgehead atoms. The maximum absolute atomic E-state index is 12.8. The van der Waals surface area contributed by atoms with E-state index in [4.69, 9.17) is 18.5 Å². The summed E-state index contributed by atoms with van der Waals surface area (Å²) in [5.74, 6) is -0.489. The number of esters is 1. The third-order valence-corrected chi connectivity index (χ3v) is 11.6. The summed E-state index contributed by atoms with van der Waals surface area (Å²) in [6, 6.07) is 0. The van der Waals surface area contributed by atoms with Crippen LogP contribution in [-0.4, -0.2) is 98.9 Å². The molecular weight excluding hydrogens is 751 g/mol. The van der Waals surface area contributed by atoms with E-state index in [9.17, 15) is 39.8 Å². The van der Waals surface area contributed by atoms with Gasteiger partial charge in [-0.15, -0.1) is 0 Å². The highest BCUT2D eigenvalue weighted by molar-refractivity contribution is 7.47. The molecule has 1 rings (SSSR count). The van der Waals surface area contributed by atoms with Gasteiger partial charge in [0.1, 0.15) is 42.7 Å². The Hall–Kier alpha value is -1.18. The van der Waals surface area contributed by atoms with Gasteiger partial charge in [0, 0.05) is 13.0 Å². The number of hydrogen-bond acceptors (Lipinski definition) is 11. The van der Waals surface area contributed by atoms with E-state index in [-0.39, 0.29) is 13.0 Å². The fraction of sp³-hybridized carbons (Fsp3) is 0.886. The molecule has 0 amide bonds. The number of hydrogen-bond donors (Lipinski definition) is 6. The van der Waals surface area contributed by atoms with Gasteiger partial charge >= 0.3 is 13.8 Å². The van der Waals surface area contributed by atoms with Crippen LogP contribution < -0.4 is 0 Å². The molecule has 57 heavy (non-hydrogen) atoms. The average Bonchev–Trinajstić information content (AvgIpc) is 3.19. The number of unbranched alkanes of at least 4 members (excludes halogenated alkanes) is 22. The van der Waals surface area contributed by atoms with Crippen LogP contribution in [0.3, 0.4) is 0 Å². The number of aliphatic hydroxyl groups is 5. The molecule has 0 aromatic rings. The van der Waals surface area contributed by atoms with Crippen molar-refractivity contribution >= 4 is 13.8 Å².